The zero-order chi connectivity index (χ0) is 22.9. The molecule has 0 aliphatic rings. The summed E-state index contributed by atoms with van der Waals surface area (Å²) >= 11 is 7.19. The molecule has 0 amide bonds. The number of hydrogen-bond donors (Lipinski definition) is 2. The first-order valence-corrected chi connectivity index (χ1v) is 11.9. The van der Waals surface area contributed by atoms with Gasteiger partial charge >= 0.3 is 5.76 Å². The van der Waals surface area contributed by atoms with E-state index in [0.29, 0.717) is 5.52 Å². The highest BCUT2D eigenvalue weighted by Crippen LogP contribution is 2.31. The largest absolute Gasteiger partial charge is 0.420 e. The van der Waals surface area contributed by atoms with Crippen molar-refractivity contribution in [2.24, 2.45) is 5.73 Å². The lowest BCUT2D eigenvalue weighted by Crippen LogP contribution is -2.20. The summed E-state index contributed by atoms with van der Waals surface area (Å²) in [6, 6.07) is 9.49. The normalized spacial score (nSPS) is 12.3. The number of anilines is 1. The van der Waals surface area contributed by atoms with E-state index in [9.17, 15) is 13.2 Å². The highest BCUT2D eigenvalue weighted by molar-refractivity contribution is 7.93. The Kier molecular flexibility index (Phi) is 6.03. The van der Waals surface area contributed by atoms with Gasteiger partial charge in [-0.3, -0.25) is 9.29 Å². The van der Waals surface area contributed by atoms with E-state index in [1.807, 2.05) is 31.2 Å². The van der Waals surface area contributed by atoms with Crippen LogP contribution in [0.2, 0.25) is 5.02 Å². The Morgan fingerprint density at radius 1 is 1.34 bits per heavy atom. The fourth-order valence-electron chi connectivity index (χ4n) is 3.26. The predicted molar refractivity (Wildman–Crippen MR) is 122 cm³/mol. The summed E-state index contributed by atoms with van der Waals surface area (Å²) in [6.07, 6.45) is 1.23. The van der Waals surface area contributed by atoms with Crippen LogP contribution in [-0.2, 0) is 10.0 Å². The number of benzene rings is 2. The van der Waals surface area contributed by atoms with Crippen LogP contribution in [0.1, 0.15) is 24.1 Å². The van der Waals surface area contributed by atoms with Crippen molar-refractivity contribution in [2.45, 2.75) is 17.9 Å². The van der Waals surface area contributed by atoms with Crippen LogP contribution in [0.3, 0.4) is 0 Å². The summed E-state index contributed by atoms with van der Waals surface area (Å²) in [5.74, 6) is 5.16. The van der Waals surface area contributed by atoms with Crippen molar-refractivity contribution < 1.29 is 12.8 Å². The van der Waals surface area contributed by atoms with Gasteiger partial charge in [0, 0.05) is 23.2 Å². The maximum absolute atomic E-state index is 12.7. The summed E-state index contributed by atoms with van der Waals surface area (Å²) in [4.78, 5) is 16.3. The van der Waals surface area contributed by atoms with Crippen LogP contribution in [-0.4, -0.2) is 28.9 Å². The molecule has 164 valence electrons. The lowest BCUT2D eigenvalue weighted by molar-refractivity contribution is 0.489. The van der Waals surface area contributed by atoms with Gasteiger partial charge < -0.3 is 10.2 Å². The number of hydrogen-bond acceptors (Lipinski definition) is 8. The molecule has 4 aromatic rings. The van der Waals surface area contributed by atoms with Gasteiger partial charge in [0.05, 0.1) is 23.1 Å². The van der Waals surface area contributed by atoms with E-state index in [1.165, 1.54) is 23.0 Å². The first kappa shape index (κ1) is 22.0. The summed E-state index contributed by atoms with van der Waals surface area (Å²) in [7, 11) is -4.07. The number of nitrogens with zero attached hydrogens (tertiary/aromatic N) is 3. The third kappa shape index (κ3) is 4.13. The Morgan fingerprint density at radius 3 is 2.84 bits per heavy atom. The van der Waals surface area contributed by atoms with E-state index in [4.69, 9.17) is 21.8 Å². The second-order valence-corrected chi connectivity index (χ2v) is 9.45. The zero-order valence-electron chi connectivity index (χ0n) is 16.6. The number of nitrogens with one attached hydrogen (secondary N) is 1. The maximum Gasteiger partial charge on any atom is 0.420 e. The lowest BCUT2D eigenvalue weighted by atomic mass is 10.0. The number of sulfonamides is 1. The van der Waals surface area contributed by atoms with Crippen LogP contribution < -0.4 is 16.2 Å². The lowest BCUT2D eigenvalue weighted by Gasteiger charge is -2.15. The van der Waals surface area contributed by atoms with E-state index in [2.05, 4.69) is 25.9 Å². The third-order valence-corrected chi connectivity index (χ3v) is 7.18. The molecule has 1 unspecified atom stereocenters. The molecule has 0 saturated carbocycles. The van der Waals surface area contributed by atoms with Gasteiger partial charge in [-0.2, -0.15) is 4.37 Å². The molecule has 32 heavy (non-hydrogen) atoms. The van der Waals surface area contributed by atoms with Crippen molar-refractivity contribution >= 4 is 49.4 Å². The van der Waals surface area contributed by atoms with Crippen molar-refractivity contribution in [3.63, 3.8) is 0 Å². The molecule has 2 heterocycles. The van der Waals surface area contributed by atoms with Gasteiger partial charge in [0.25, 0.3) is 10.0 Å². The average Bonchev–Trinajstić information content (AvgIpc) is 3.37. The minimum Gasteiger partial charge on any atom is -0.408 e. The maximum atomic E-state index is 12.7. The molecule has 0 bridgehead atoms. The van der Waals surface area contributed by atoms with Gasteiger partial charge in [-0.25, -0.2) is 18.2 Å². The van der Waals surface area contributed by atoms with Crippen LogP contribution >= 0.6 is 23.1 Å². The van der Waals surface area contributed by atoms with Crippen LogP contribution in [0, 0.1) is 11.8 Å². The van der Waals surface area contributed by atoms with Gasteiger partial charge in [-0.05, 0) is 24.6 Å². The Bertz CT molecular complexity index is 1520. The van der Waals surface area contributed by atoms with Crippen LogP contribution in [0.15, 0.2) is 56.8 Å². The van der Waals surface area contributed by atoms with Crippen molar-refractivity contribution in [3.8, 4) is 11.8 Å². The summed E-state index contributed by atoms with van der Waals surface area (Å²) < 4.78 is 38.3. The minimum atomic E-state index is -4.07. The van der Waals surface area contributed by atoms with Crippen molar-refractivity contribution in [2.75, 3.05) is 11.3 Å². The van der Waals surface area contributed by atoms with E-state index >= 15 is 0 Å². The molecule has 3 N–H and O–H groups in total. The zero-order valence-corrected chi connectivity index (χ0v) is 19.0. The number of fused-ring (bicyclic) bond motifs is 1. The van der Waals surface area contributed by atoms with E-state index in [1.54, 1.807) is 0 Å². The highest BCUT2D eigenvalue weighted by atomic mass is 35.5. The van der Waals surface area contributed by atoms with E-state index < -0.39 is 21.8 Å². The molecular formula is C20H16ClN5O4S2. The van der Waals surface area contributed by atoms with Crippen LogP contribution in [0.4, 0.5) is 5.13 Å². The van der Waals surface area contributed by atoms with E-state index in [-0.39, 0.29) is 27.2 Å². The standard InChI is InChI=1S/C20H16ClN5O4S2/c1-12(14-7-3-2-5-13(14)6-4-8-22)26-16-9-15(21)18(10-17(16)30-20(26)27)32(28,29)25-19-23-11-24-31-19/h2-3,5,7,9-12H,8,22H2,1H3,(H,23,24,25). The molecule has 0 spiro atoms. The van der Waals surface area contributed by atoms with Crippen molar-refractivity contribution in [1.82, 2.24) is 13.9 Å². The number of rotatable bonds is 5. The molecule has 0 fully saturated rings. The summed E-state index contributed by atoms with van der Waals surface area (Å²) in [5, 5.41) is 0.0106. The Hall–Kier alpha value is -3.17. The molecule has 1 atom stereocenters. The first-order valence-electron chi connectivity index (χ1n) is 9.23. The molecule has 0 aliphatic carbocycles. The molecule has 4 rings (SSSR count). The van der Waals surface area contributed by atoms with Crippen LogP contribution in [0.5, 0.6) is 0 Å². The summed E-state index contributed by atoms with van der Waals surface area (Å²) in [6.45, 7) is 2.02. The molecule has 0 radical (unpaired) electrons. The molecule has 2 aromatic heterocycles. The fraction of sp³-hybridized carbons (Fsp3) is 0.150. The molecule has 12 heteroatoms. The third-order valence-electron chi connectivity index (χ3n) is 4.66. The Morgan fingerprint density at radius 2 is 2.12 bits per heavy atom. The van der Waals surface area contributed by atoms with Gasteiger partial charge in [-0.15, -0.1) is 0 Å². The fourth-order valence-corrected chi connectivity index (χ4v) is 5.46. The average molecular weight is 490 g/mol. The molecule has 2 aromatic carbocycles. The molecule has 0 saturated heterocycles. The number of halogens is 1. The quantitative estimate of drug-likeness (QED) is 0.412. The van der Waals surface area contributed by atoms with Gasteiger partial charge in [0.1, 0.15) is 11.2 Å². The minimum absolute atomic E-state index is 0.0764. The van der Waals surface area contributed by atoms with Gasteiger partial charge in [-0.1, -0.05) is 41.6 Å². The second-order valence-electron chi connectivity index (χ2n) is 6.61. The van der Waals surface area contributed by atoms with Gasteiger partial charge in [0.15, 0.2) is 5.58 Å². The predicted octanol–water partition coefficient (Wildman–Crippen LogP) is 2.82. The van der Waals surface area contributed by atoms with Crippen molar-refractivity contribution in [3.05, 3.63) is 69.4 Å². The smallest absolute Gasteiger partial charge is 0.408 e. The van der Waals surface area contributed by atoms with E-state index in [0.717, 1.165) is 22.7 Å². The second kappa shape index (κ2) is 8.76. The van der Waals surface area contributed by atoms with Crippen LogP contribution in [0.25, 0.3) is 11.1 Å². The summed E-state index contributed by atoms with van der Waals surface area (Å²) in [5.41, 5.74) is 7.42. The first-order chi connectivity index (χ1) is 15.3. The Balaban J connectivity index is 1.81. The monoisotopic (exact) mass is 489 g/mol. The number of oxazole rings is 1. The Labute approximate surface area is 192 Å². The molecular weight excluding hydrogens is 474 g/mol. The van der Waals surface area contributed by atoms with Crippen molar-refractivity contribution in [1.29, 1.82) is 0 Å². The highest BCUT2D eigenvalue weighted by Gasteiger charge is 2.25. The SMILES string of the molecule is CC(c1ccccc1C#CCN)n1c(=O)oc2cc(S(=O)(=O)Nc3ncns3)c(Cl)cc21. The van der Waals surface area contributed by atoms with Gasteiger partial charge in [0.2, 0.25) is 5.13 Å². The topological polar surface area (TPSA) is 133 Å². The molecule has 0 aliphatic heterocycles. The number of aromatic nitrogens is 3. The molecule has 9 nitrogen and oxygen atoms in total. The number of nitrogens with two attached hydrogens (primary N) is 1.